The quantitative estimate of drug-likeness (QED) is 0.687. The minimum absolute atomic E-state index is 0.237. The van der Waals surface area contributed by atoms with Crippen molar-refractivity contribution in [1.82, 2.24) is 10.3 Å². The number of furan rings is 1. The predicted octanol–water partition coefficient (Wildman–Crippen LogP) is 4.11. The Morgan fingerprint density at radius 3 is 2.59 bits per heavy atom. The van der Waals surface area contributed by atoms with Crippen LogP contribution in [0.3, 0.4) is 0 Å². The van der Waals surface area contributed by atoms with E-state index < -0.39 is 5.97 Å². The second kappa shape index (κ2) is 7.61. The van der Waals surface area contributed by atoms with E-state index in [1.54, 1.807) is 19.9 Å². The molecule has 6 nitrogen and oxygen atoms in total. The van der Waals surface area contributed by atoms with Gasteiger partial charge < -0.3 is 14.5 Å². The monoisotopic (exact) mass is 366 g/mol. The van der Waals surface area contributed by atoms with Crippen LogP contribution in [-0.2, 0) is 4.74 Å². The van der Waals surface area contributed by atoms with Crippen molar-refractivity contribution in [1.29, 1.82) is 0 Å². The number of benzene rings is 1. The van der Waals surface area contributed by atoms with Crippen molar-refractivity contribution in [3.63, 3.8) is 0 Å². The minimum atomic E-state index is -0.444. The highest BCUT2D eigenvalue weighted by Gasteiger charge is 2.20. The van der Waals surface area contributed by atoms with Gasteiger partial charge in [0.1, 0.15) is 17.0 Å². The van der Waals surface area contributed by atoms with E-state index in [-0.39, 0.29) is 24.2 Å². The third kappa shape index (κ3) is 3.69. The lowest BCUT2D eigenvalue weighted by Crippen LogP contribution is -2.28. The Labute approximate surface area is 157 Å². The maximum atomic E-state index is 12.6. The molecule has 1 unspecified atom stereocenters. The van der Waals surface area contributed by atoms with Gasteiger partial charge in [-0.1, -0.05) is 18.2 Å². The van der Waals surface area contributed by atoms with E-state index in [0.717, 1.165) is 16.5 Å². The van der Waals surface area contributed by atoms with Gasteiger partial charge in [-0.05, 0) is 45.9 Å². The summed E-state index contributed by atoms with van der Waals surface area (Å²) in [5.74, 6) is -0.0639. The van der Waals surface area contributed by atoms with E-state index in [9.17, 15) is 9.59 Å². The van der Waals surface area contributed by atoms with Gasteiger partial charge in [0.2, 0.25) is 0 Å². The summed E-state index contributed by atoms with van der Waals surface area (Å²) < 4.78 is 10.9. The van der Waals surface area contributed by atoms with Crippen molar-refractivity contribution in [2.45, 2.75) is 33.7 Å². The Balaban J connectivity index is 1.79. The molecular weight excluding hydrogens is 344 g/mol. The lowest BCUT2D eigenvalue weighted by atomic mass is 10.1. The Bertz CT molecular complexity index is 1010. The number of aromatic nitrogens is 1. The lowest BCUT2D eigenvalue weighted by molar-refractivity contribution is 0.0524. The first-order valence-electron chi connectivity index (χ1n) is 8.86. The number of hydrogen-bond acceptors (Lipinski definition) is 5. The number of ether oxygens (including phenoxy) is 1. The SMILES string of the molecule is CCOC(=O)c1ccc(C(=O)NC(C)c2oc3ccccc3c2C)nc1C. The van der Waals surface area contributed by atoms with Gasteiger partial charge in [-0.2, -0.15) is 0 Å². The van der Waals surface area contributed by atoms with Gasteiger partial charge in [-0.25, -0.2) is 9.78 Å². The fourth-order valence-corrected chi connectivity index (χ4v) is 3.05. The number of amides is 1. The number of carbonyl (C=O) groups excluding carboxylic acids is 2. The van der Waals surface area contributed by atoms with Gasteiger partial charge in [0.15, 0.2) is 0 Å². The highest BCUT2D eigenvalue weighted by atomic mass is 16.5. The zero-order valence-corrected chi connectivity index (χ0v) is 15.8. The van der Waals surface area contributed by atoms with Crippen molar-refractivity contribution in [3.8, 4) is 0 Å². The second-order valence-electron chi connectivity index (χ2n) is 6.33. The first kappa shape index (κ1) is 18.6. The van der Waals surface area contributed by atoms with Crippen LogP contribution in [-0.4, -0.2) is 23.5 Å². The number of fused-ring (bicyclic) bond motifs is 1. The zero-order chi connectivity index (χ0) is 19.6. The van der Waals surface area contributed by atoms with Gasteiger partial charge in [0, 0.05) is 10.9 Å². The number of para-hydroxylation sites is 1. The van der Waals surface area contributed by atoms with Gasteiger partial charge in [-0.15, -0.1) is 0 Å². The molecule has 2 aromatic heterocycles. The molecule has 0 aliphatic carbocycles. The lowest BCUT2D eigenvalue weighted by Gasteiger charge is -2.13. The number of carbonyl (C=O) groups is 2. The summed E-state index contributed by atoms with van der Waals surface area (Å²) in [5.41, 5.74) is 2.84. The van der Waals surface area contributed by atoms with Gasteiger partial charge in [0.05, 0.1) is 23.9 Å². The van der Waals surface area contributed by atoms with Crippen molar-refractivity contribution in [2.24, 2.45) is 0 Å². The minimum Gasteiger partial charge on any atom is -0.462 e. The topological polar surface area (TPSA) is 81.4 Å². The van der Waals surface area contributed by atoms with Gasteiger partial charge in [0.25, 0.3) is 5.91 Å². The molecule has 3 rings (SSSR count). The second-order valence-corrected chi connectivity index (χ2v) is 6.33. The first-order valence-corrected chi connectivity index (χ1v) is 8.86. The summed E-state index contributed by atoms with van der Waals surface area (Å²) >= 11 is 0. The third-order valence-electron chi connectivity index (χ3n) is 4.44. The van der Waals surface area contributed by atoms with Crippen LogP contribution in [0.1, 0.15) is 57.8 Å². The molecule has 1 amide bonds. The molecule has 0 fully saturated rings. The Hall–Kier alpha value is -3.15. The van der Waals surface area contributed by atoms with E-state index in [0.29, 0.717) is 17.0 Å². The van der Waals surface area contributed by atoms with Crippen LogP contribution < -0.4 is 5.32 Å². The Morgan fingerprint density at radius 1 is 1.19 bits per heavy atom. The summed E-state index contributed by atoms with van der Waals surface area (Å²) in [6.07, 6.45) is 0. The molecule has 0 radical (unpaired) electrons. The first-order chi connectivity index (χ1) is 12.9. The van der Waals surface area contributed by atoms with E-state index >= 15 is 0 Å². The highest BCUT2D eigenvalue weighted by molar-refractivity contribution is 5.95. The van der Waals surface area contributed by atoms with Crippen LogP contribution >= 0.6 is 0 Å². The highest BCUT2D eigenvalue weighted by Crippen LogP contribution is 2.29. The third-order valence-corrected chi connectivity index (χ3v) is 4.44. The van der Waals surface area contributed by atoms with Crippen LogP contribution in [0.15, 0.2) is 40.8 Å². The molecule has 2 heterocycles. The summed E-state index contributed by atoms with van der Waals surface area (Å²) in [6.45, 7) is 7.54. The molecule has 1 atom stereocenters. The van der Waals surface area contributed by atoms with Crippen LogP contribution in [0.25, 0.3) is 11.0 Å². The average molecular weight is 366 g/mol. The maximum Gasteiger partial charge on any atom is 0.339 e. The van der Waals surface area contributed by atoms with E-state index in [1.807, 2.05) is 38.1 Å². The number of esters is 1. The van der Waals surface area contributed by atoms with E-state index in [1.165, 1.54) is 6.07 Å². The molecule has 140 valence electrons. The van der Waals surface area contributed by atoms with Crippen molar-refractivity contribution >= 4 is 22.8 Å². The number of nitrogens with one attached hydrogen (secondary N) is 1. The Kier molecular flexibility index (Phi) is 5.26. The summed E-state index contributed by atoms with van der Waals surface area (Å²) in [6, 6.07) is 10.5. The molecule has 0 saturated carbocycles. The molecular formula is C21H22N2O4. The van der Waals surface area contributed by atoms with E-state index in [4.69, 9.17) is 9.15 Å². The molecule has 3 aromatic rings. The standard InChI is InChI=1S/C21H22N2O4/c1-5-26-21(25)16-10-11-17(22-13(16)3)20(24)23-14(4)19-12(2)15-8-6-7-9-18(15)27-19/h6-11,14H,5H2,1-4H3,(H,23,24). The smallest absolute Gasteiger partial charge is 0.339 e. The van der Waals surface area contributed by atoms with Crippen LogP contribution in [0, 0.1) is 13.8 Å². The fourth-order valence-electron chi connectivity index (χ4n) is 3.05. The average Bonchev–Trinajstić information content (AvgIpc) is 2.99. The number of pyridine rings is 1. The molecule has 0 spiro atoms. The van der Waals surface area contributed by atoms with Crippen LogP contribution in [0.5, 0.6) is 0 Å². The molecule has 0 bridgehead atoms. The fraction of sp³-hybridized carbons (Fsp3) is 0.286. The van der Waals surface area contributed by atoms with Crippen molar-refractivity contribution in [2.75, 3.05) is 6.61 Å². The largest absolute Gasteiger partial charge is 0.462 e. The van der Waals surface area contributed by atoms with Crippen molar-refractivity contribution in [3.05, 3.63) is 64.7 Å². The molecule has 0 saturated heterocycles. The zero-order valence-electron chi connectivity index (χ0n) is 15.8. The summed E-state index contributed by atoms with van der Waals surface area (Å²) in [5, 5.41) is 3.93. The number of rotatable bonds is 5. The van der Waals surface area contributed by atoms with Crippen LogP contribution in [0.2, 0.25) is 0 Å². The molecule has 0 aliphatic heterocycles. The molecule has 1 N–H and O–H groups in total. The van der Waals surface area contributed by atoms with Gasteiger partial charge in [-0.3, -0.25) is 4.79 Å². The van der Waals surface area contributed by atoms with Gasteiger partial charge >= 0.3 is 5.97 Å². The molecule has 0 aliphatic rings. The predicted molar refractivity (Wildman–Crippen MR) is 102 cm³/mol. The molecule has 6 heteroatoms. The Morgan fingerprint density at radius 2 is 1.93 bits per heavy atom. The van der Waals surface area contributed by atoms with Crippen LogP contribution in [0.4, 0.5) is 0 Å². The van der Waals surface area contributed by atoms with E-state index in [2.05, 4.69) is 10.3 Å². The number of hydrogen-bond donors (Lipinski definition) is 1. The van der Waals surface area contributed by atoms with Crippen molar-refractivity contribution < 1.29 is 18.7 Å². The number of nitrogens with zero attached hydrogens (tertiary/aromatic N) is 1. The summed E-state index contributed by atoms with van der Waals surface area (Å²) in [7, 11) is 0. The molecule has 1 aromatic carbocycles. The number of aryl methyl sites for hydroxylation is 2. The summed E-state index contributed by atoms with van der Waals surface area (Å²) in [4.78, 5) is 28.7. The molecule has 27 heavy (non-hydrogen) atoms. The normalized spacial score (nSPS) is 12.0. The maximum absolute atomic E-state index is 12.6.